The van der Waals surface area contributed by atoms with Crippen LogP contribution in [-0.4, -0.2) is 20.6 Å². The molecule has 1 aliphatic heterocycles. The van der Waals surface area contributed by atoms with Crippen molar-refractivity contribution < 1.29 is 9.13 Å². The van der Waals surface area contributed by atoms with Crippen molar-refractivity contribution in [1.82, 2.24) is 15.0 Å². The highest BCUT2D eigenvalue weighted by molar-refractivity contribution is 7.98. The minimum atomic E-state index is -0.217. The van der Waals surface area contributed by atoms with E-state index in [1.807, 2.05) is 12.1 Å². The van der Waals surface area contributed by atoms with Crippen LogP contribution in [-0.2, 0) is 23.5 Å². The Morgan fingerprint density at radius 1 is 1.17 bits per heavy atom. The molecule has 0 radical (unpaired) electrons. The molecular formula is C22H20FN3OS2. The predicted octanol–water partition coefficient (Wildman–Crippen LogP) is 5.83. The van der Waals surface area contributed by atoms with E-state index >= 15 is 0 Å². The number of pyridine rings is 1. The van der Waals surface area contributed by atoms with Gasteiger partial charge in [-0.1, -0.05) is 12.1 Å². The van der Waals surface area contributed by atoms with Crippen LogP contribution in [0.1, 0.15) is 36.2 Å². The van der Waals surface area contributed by atoms with Gasteiger partial charge >= 0.3 is 0 Å². The van der Waals surface area contributed by atoms with Crippen LogP contribution < -0.4 is 0 Å². The van der Waals surface area contributed by atoms with Gasteiger partial charge in [-0.15, -0.1) is 23.1 Å². The molecule has 0 bridgehead atoms. The molecule has 4 nitrogen and oxygen atoms in total. The topological polar surface area (TPSA) is 47.9 Å². The number of nitrogens with zero attached hydrogens (tertiary/aromatic N) is 3. The van der Waals surface area contributed by atoms with Crippen LogP contribution in [0.4, 0.5) is 4.39 Å². The summed E-state index contributed by atoms with van der Waals surface area (Å²) in [5, 5.41) is 2.09. The Labute approximate surface area is 176 Å². The zero-order valence-electron chi connectivity index (χ0n) is 16.5. The number of fused-ring (bicyclic) bond motifs is 5. The van der Waals surface area contributed by atoms with Crippen LogP contribution in [0, 0.1) is 12.7 Å². The highest BCUT2D eigenvalue weighted by atomic mass is 32.2. The second-order valence-corrected chi connectivity index (χ2v) is 9.90. The van der Waals surface area contributed by atoms with Crippen molar-refractivity contribution in [3.05, 3.63) is 58.8 Å². The fourth-order valence-corrected chi connectivity index (χ4v) is 6.02. The molecule has 1 aromatic carbocycles. The first kappa shape index (κ1) is 18.9. The summed E-state index contributed by atoms with van der Waals surface area (Å²) >= 11 is 3.31. The standard InChI is InChI=1S/C22H20FN3OS2/c1-12-16-9-27-22(2,3)8-15(16)17-18-19(29-20(17)26-12)21(25-11-24-18)28-10-13-4-6-14(23)7-5-13/h4-7,11H,8-10H2,1-3H3. The fraction of sp³-hybridized carbons (Fsp3) is 0.318. The molecule has 0 N–H and O–H groups in total. The van der Waals surface area contributed by atoms with Crippen molar-refractivity contribution in [3.8, 4) is 0 Å². The van der Waals surface area contributed by atoms with Crippen LogP contribution >= 0.6 is 23.1 Å². The summed E-state index contributed by atoms with van der Waals surface area (Å²) in [5.74, 6) is 0.511. The van der Waals surface area contributed by atoms with Crippen molar-refractivity contribution in [1.29, 1.82) is 0 Å². The van der Waals surface area contributed by atoms with Crippen molar-refractivity contribution in [2.45, 2.75) is 50.2 Å². The van der Waals surface area contributed by atoms with Gasteiger partial charge in [0, 0.05) is 28.8 Å². The van der Waals surface area contributed by atoms with Gasteiger partial charge in [0.1, 0.15) is 22.0 Å². The molecule has 0 aliphatic carbocycles. The minimum absolute atomic E-state index is 0.199. The lowest BCUT2D eigenvalue weighted by Gasteiger charge is -2.32. The first-order valence-electron chi connectivity index (χ1n) is 9.48. The normalized spacial score (nSPS) is 15.7. The van der Waals surface area contributed by atoms with Gasteiger partial charge < -0.3 is 4.74 Å². The number of ether oxygens (including phenoxy) is 1. The molecule has 5 rings (SSSR count). The van der Waals surface area contributed by atoms with E-state index in [9.17, 15) is 4.39 Å². The number of thioether (sulfide) groups is 1. The number of halogens is 1. The number of thiophene rings is 1. The largest absolute Gasteiger partial charge is 0.370 e. The van der Waals surface area contributed by atoms with Crippen LogP contribution in [0.2, 0.25) is 0 Å². The summed E-state index contributed by atoms with van der Waals surface area (Å²) in [4.78, 5) is 15.0. The van der Waals surface area contributed by atoms with Gasteiger partial charge in [0.25, 0.3) is 0 Å². The smallest absolute Gasteiger partial charge is 0.126 e. The van der Waals surface area contributed by atoms with Gasteiger partial charge in [-0.05, 0) is 44.0 Å². The quantitative estimate of drug-likeness (QED) is 0.305. The number of benzene rings is 1. The molecule has 0 saturated heterocycles. The predicted molar refractivity (Wildman–Crippen MR) is 116 cm³/mol. The molecule has 3 aromatic heterocycles. The molecule has 0 unspecified atom stereocenters. The molecule has 0 spiro atoms. The summed E-state index contributed by atoms with van der Waals surface area (Å²) in [6, 6.07) is 6.62. The third-order valence-electron chi connectivity index (χ3n) is 5.29. The van der Waals surface area contributed by atoms with Crippen LogP contribution in [0.25, 0.3) is 20.4 Å². The Morgan fingerprint density at radius 3 is 2.76 bits per heavy atom. The Bertz CT molecular complexity index is 1230. The highest BCUT2D eigenvalue weighted by Crippen LogP contribution is 2.42. The molecule has 7 heteroatoms. The van der Waals surface area contributed by atoms with Crippen LogP contribution in [0.3, 0.4) is 0 Å². The second-order valence-electron chi connectivity index (χ2n) is 7.93. The lowest BCUT2D eigenvalue weighted by atomic mass is 9.89. The molecule has 29 heavy (non-hydrogen) atoms. The molecule has 4 heterocycles. The van der Waals surface area contributed by atoms with E-state index in [0.717, 1.165) is 48.9 Å². The Kier molecular flexibility index (Phi) is 4.57. The summed E-state index contributed by atoms with van der Waals surface area (Å²) in [5.41, 5.74) is 5.37. The second kappa shape index (κ2) is 7.00. The first-order valence-corrected chi connectivity index (χ1v) is 11.3. The van der Waals surface area contributed by atoms with Crippen molar-refractivity contribution in [2.75, 3.05) is 0 Å². The SMILES string of the molecule is Cc1nc2sc3c(SCc4ccc(F)cc4)ncnc3c2c2c1COC(C)(C)C2. The van der Waals surface area contributed by atoms with E-state index in [-0.39, 0.29) is 11.4 Å². The van der Waals surface area contributed by atoms with Crippen LogP contribution in [0.15, 0.2) is 35.6 Å². The van der Waals surface area contributed by atoms with Crippen molar-refractivity contribution in [2.24, 2.45) is 0 Å². The minimum Gasteiger partial charge on any atom is -0.370 e. The van der Waals surface area contributed by atoms with Gasteiger partial charge in [-0.3, -0.25) is 0 Å². The van der Waals surface area contributed by atoms with E-state index in [1.165, 1.54) is 23.3 Å². The lowest BCUT2D eigenvalue weighted by Crippen LogP contribution is -2.32. The average molecular weight is 426 g/mol. The maximum Gasteiger partial charge on any atom is 0.126 e. The van der Waals surface area contributed by atoms with E-state index in [0.29, 0.717) is 6.61 Å². The maximum atomic E-state index is 13.2. The monoisotopic (exact) mass is 425 g/mol. The number of aryl methyl sites for hydroxylation is 1. The number of rotatable bonds is 3. The molecule has 1 aliphatic rings. The van der Waals surface area contributed by atoms with E-state index < -0.39 is 0 Å². The summed E-state index contributed by atoms with van der Waals surface area (Å²) < 4.78 is 20.3. The van der Waals surface area contributed by atoms with Gasteiger partial charge in [-0.2, -0.15) is 0 Å². The van der Waals surface area contributed by atoms with Crippen molar-refractivity contribution in [3.63, 3.8) is 0 Å². The van der Waals surface area contributed by atoms with Gasteiger partial charge in [-0.25, -0.2) is 19.3 Å². The third kappa shape index (κ3) is 3.41. The number of hydrogen-bond acceptors (Lipinski definition) is 6. The van der Waals surface area contributed by atoms with Crippen LogP contribution in [0.5, 0.6) is 0 Å². The van der Waals surface area contributed by atoms with Crippen molar-refractivity contribution >= 4 is 43.5 Å². The Hall–Kier alpha value is -2.09. The molecule has 0 atom stereocenters. The molecular weight excluding hydrogens is 405 g/mol. The summed E-state index contributed by atoms with van der Waals surface area (Å²) in [6.45, 7) is 6.90. The molecule has 0 saturated carbocycles. The van der Waals surface area contributed by atoms with E-state index in [1.54, 1.807) is 29.4 Å². The molecule has 148 valence electrons. The van der Waals surface area contributed by atoms with Gasteiger partial charge in [0.2, 0.25) is 0 Å². The Morgan fingerprint density at radius 2 is 1.97 bits per heavy atom. The molecule has 0 fully saturated rings. The summed E-state index contributed by atoms with van der Waals surface area (Å²) in [7, 11) is 0. The summed E-state index contributed by atoms with van der Waals surface area (Å²) in [6.07, 6.45) is 2.48. The lowest BCUT2D eigenvalue weighted by molar-refractivity contribution is -0.0400. The van der Waals surface area contributed by atoms with E-state index in [2.05, 4.69) is 30.7 Å². The number of aromatic nitrogens is 3. The highest BCUT2D eigenvalue weighted by Gasteiger charge is 2.30. The Balaban J connectivity index is 1.61. The van der Waals surface area contributed by atoms with E-state index in [4.69, 9.17) is 9.72 Å². The van der Waals surface area contributed by atoms with Gasteiger partial charge in [0.15, 0.2) is 0 Å². The molecule has 4 aromatic rings. The third-order valence-corrected chi connectivity index (χ3v) is 7.56. The van der Waals surface area contributed by atoms with Gasteiger partial charge in [0.05, 0.1) is 22.4 Å². The zero-order valence-corrected chi connectivity index (χ0v) is 18.1. The first-order chi connectivity index (χ1) is 13.9. The molecule has 0 amide bonds. The fourth-order valence-electron chi connectivity index (χ4n) is 3.78. The zero-order chi connectivity index (χ0) is 20.2. The maximum absolute atomic E-state index is 13.2. The average Bonchev–Trinajstić information content (AvgIpc) is 3.05. The number of hydrogen-bond donors (Lipinski definition) is 0.